The Morgan fingerprint density at radius 2 is 2.23 bits per heavy atom. The molecule has 13 heavy (non-hydrogen) atoms. The van der Waals surface area contributed by atoms with Gasteiger partial charge in [-0.05, 0) is 27.4 Å². The summed E-state index contributed by atoms with van der Waals surface area (Å²) in [6, 6.07) is 1.92. The molecule has 0 aliphatic rings. The zero-order valence-corrected chi connectivity index (χ0v) is 9.82. The zero-order chi connectivity index (χ0) is 9.26. The quantitative estimate of drug-likeness (QED) is 0.915. The lowest BCUT2D eigenvalue weighted by Gasteiger charge is -2.05. The summed E-state index contributed by atoms with van der Waals surface area (Å²) >= 11 is 6.70. The van der Waals surface area contributed by atoms with E-state index in [1.165, 1.54) is 0 Å². The Bertz CT molecular complexity index is 383. The fraction of sp³-hybridized carbons (Fsp3) is 0.125. The summed E-state index contributed by atoms with van der Waals surface area (Å²) in [6.45, 7) is 0. The lowest BCUT2D eigenvalue weighted by Crippen LogP contribution is -2.09. The second-order valence-corrected chi connectivity index (χ2v) is 5.21. The van der Waals surface area contributed by atoms with Crippen molar-refractivity contribution in [2.24, 2.45) is 5.73 Å². The minimum atomic E-state index is -0.0885. The molecule has 0 saturated carbocycles. The number of aromatic nitrogens is 1. The molecule has 0 aromatic carbocycles. The predicted octanol–water partition coefficient (Wildman–Crippen LogP) is 3.02. The Morgan fingerprint density at radius 1 is 1.38 bits per heavy atom. The average molecular weight is 275 g/mol. The minimum Gasteiger partial charge on any atom is -0.318 e. The molecule has 5 heteroatoms. The van der Waals surface area contributed by atoms with E-state index < -0.39 is 0 Å². The largest absolute Gasteiger partial charge is 0.318 e. The van der Waals surface area contributed by atoms with Gasteiger partial charge in [-0.25, -0.2) is 4.98 Å². The fourth-order valence-corrected chi connectivity index (χ4v) is 3.37. The van der Waals surface area contributed by atoms with Crippen molar-refractivity contribution in [3.63, 3.8) is 0 Å². The van der Waals surface area contributed by atoms with Crippen molar-refractivity contribution in [3.8, 4) is 0 Å². The molecule has 2 aromatic rings. The molecule has 1 atom stereocenters. The van der Waals surface area contributed by atoms with Gasteiger partial charge < -0.3 is 5.73 Å². The van der Waals surface area contributed by atoms with Crippen LogP contribution in [0, 0.1) is 0 Å². The van der Waals surface area contributed by atoms with Crippen molar-refractivity contribution in [1.29, 1.82) is 0 Å². The van der Waals surface area contributed by atoms with Crippen LogP contribution in [0.4, 0.5) is 0 Å². The van der Waals surface area contributed by atoms with Crippen molar-refractivity contribution in [3.05, 3.63) is 37.4 Å². The number of halogens is 1. The van der Waals surface area contributed by atoms with Crippen LogP contribution in [0.15, 0.2) is 27.5 Å². The maximum absolute atomic E-state index is 6.03. The maximum atomic E-state index is 6.03. The van der Waals surface area contributed by atoms with Crippen molar-refractivity contribution in [1.82, 2.24) is 4.98 Å². The van der Waals surface area contributed by atoms with Gasteiger partial charge in [-0.2, -0.15) is 0 Å². The van der Waals surface area contributed by atoms with Crippen molar-refractivity contribution < 1.29 is 0 Å². The Hall–Kier alpha value is -0.230. The second-order valence-electron chi connectivity index (χ2n) is 2.48. The molecule has 0 fully saturated rings. The second kappa shape index (κ2) is 3.88. The third kappa shape index (κ3) is 1.83. The van der Waals surface area contributed by atoms with Gasteiger partial charge in [0.15, 0.2) is 0 Å². The van der Waals surface area contributed by atoms with E-state index in [4.69, 9.17) is 5.73 Å². The number of hydrogen-bond acceptors (Lipinski definition) is 4. The van der Waals surface area contributed by atoms with E-state index in [1.54, 1.807) is 28.9 Å². The molecule has 68 valence electrons. The molecule has 1 unspecified atom stereocenters. The van der Waals surface area contributed by atoms with Crippen LogP contribution < -0.4 is 5.73 Å². The van der Waals surface area contributed by atoms with Gasteiger partial charge in [-0.3, -0.25) is 0 Å². The molecule has 0 aliphatic carbocycles. The van der Waals surface area contributed by atoms with Gasteiger partial charge in [0.25, 0.3) is 0 Å². The molecule has 0 amide bonds. The zero-order valence-electron chi connectivity index (χ0n) is 6.61. The maximum Gasteiger partial charge on any atom is 0.115 e. The van der Waals surface area contributed by atoms with Crippen LogP contribution in [0.2, 0.25) is 0 Å². The Morgan fingerprint density at radius 3 is 2.77 bits per heavy atom. The van der Waals surface area contributed by atoms with E-state index in [2.05, 4.69) is 20.9 Å². The summed E-state index contributed by atoms with van der Waals surface area (Å²) < 4.78 is 1.07. The molecule has 2 rings (SSSR count). The molecule has 2 nitrogen and oxygen atoms in total. The predicted molar refractivity (Wildman–Crippen MR) is 60.2 cm³/mol. The lowest BCUT2D eigenvalue weighted by atomic mass is 10.3. The van der Waals surface area contributed by atoms with Crippen LogP contribution >= 0.6 is 38.6 Å². The summed E-state index contributed by atoms with van der Waals surface area (Å²) in [5.41, 5.74) is 6.03. The summed E-state index contributed by atoms with van der Waals surface area (Å²) in [6.07, 6.45) is 1.78. The average Bonchev–Trinajstić information content (AvgIpc) is 2.72. The number of nitrogens with zero attached hydrogens (tertiary/aromatic N) is 1. The molecule has 0 saturated heterocycles. The van der Waals surface area contributed by atoms with E-state index in [0.29, 0.717) is 0 Å². The Balaban J connectivity index is 2.33. The number of nitrogens with two attached hydrogens (primary N) is 1. The summed E-state index contributed by atoms with van der Waals surface area (Å²) in [5.74, 6) is 0. The number of rotatable bonds is 2. The van der Waals surface area contributed by atoms with Gasteiger partial charge in [-0.15, -0.1) is 22.7 Å². The number of thiophene rings is 1. The van der Waals surface area contributed by atoms with Crippen molar-refractivity contribution >= 4 is 38.6 Å². The van der Waals surface area contributed by atoms with Gasteiger partial charge in [0.1, 0.15) is 5.01 Å². The minimum absolute atomic E-state index is 0.0885. The van der Waals surface area contributed by atoms with Gasteiger partial charge >= 0.3 is 0 Å². The highest BCUT2D eigenvalue weighted by molar-refractivity contribution is 9.10. The highest BCUT2D eigenvalue weighted by Crippen LogP contribution is 2.31. The van der Waals surface area contributed by atoms with Crippen LogP contribution in [-0.4, -0.2) is 4.98 Å². The molecule has 0 radical (unpaired) electrons. The molecule has 2 aromatic heterocycles. The standard InChI is InChI=1S/C8H7BrN2S2/c9-5-1-3-12-7(5)6(10)8-11-2-4-13-8/h1-4,6H,10H2. The molecule has 0 spiro atoms. The fourth-order valence-electron chi connectivity index (χ4n) is 1.03. The van der Waals surface area contributed by atoms with Crippen LogP contribution in [0.1, 0.15) is 15.9 Å². The first-order chi connectivity index (χ1) is 6.29. The van der Waals surface area contributed by atoms with Crippen molar-refractivity contribution in [2.75, 3.05) is 0 Å². The SMILES string of the molecule is NC(c1nccs1)c1sccc1Br. The highest BCUT2D eigenvalue weighted by atomic mass is 79.9. The summed E-state index contributed by atoms with van der Waals surface area (Å²) in [7, 11) is 0. The smallest absolute Gasteiger partial charge is 0.115 e. The third-order valence-electron chi connectivity index (χ3n) is 1.64. The van der Waals surface area contributed by atoms with Crippen molar-refractivity contribution in [2.45, 2.75) is 6.04 Å². The molecular formula is C8H7BrN2S2. The summed E-state index contributed by atoms with van der Waals surface area (Å²) in [5, 5.41) is 4.92. The molecule has 2 N–H and O–H groups in total. The topological polar surface area (TPSA) is 38.9 Å². The van der Waals surface area contributed by atoms with Crippen LogP contribution in [0.5, 0.6) is 0 Å². The normalized spacial score (nSPS) is 13.1. The van der Waals surface area contributed by atoms with E-state index in [1.807, 2.05) is 16.8 Å². The van der Waals surface area contributed by atoms with E-state index in [-0.39, 0.29) is 6.04 Å². The monoisotopic (exact) mass is 274 g/mol. The van der Waals surface area contributed by atoms with E-state index in [9.17, 15) is 0 Å². The summed E-state index contributed by atoms with van der Waals surface area (Å²) in [4.78, 5) is 5.33. The molecule has 2 heterocycles. The first-order valence-electron chi connectivity index (χ1n) is 3.67. The van der Waals surface area contributed by atoms with Crippen LogP contribution in [-0.2, 0) is 0 Å². The van der Waals surface area contributed by atoms with E-state index in [0.717, 1.165) is 14.4 Å². The van der Waals surface area contributed by atoms with Crippen LogP contribution in [0.3, 0.4) is 0 Å². The first-order valence-corrected chi connectivity index (χ1v) is 6.22. The van der Waals surface area contributed by atoms with Gasteiger partial charge in [-0.1, -0.05) is 0 Å². The Kier molecular flexibility index (Phi) is 2.78. The van der Waals surface area contributed by atoms with Gasteiger partial charge in [0, 0.05) is 20.9 Å². The molecule has 0 bridgehead atoms. The van der Waals surface area contributed by atoms with Gasteiger partial charge in [0.05, 0.1) is 6.04 Å². The molecular weight excluding hydrogens is 268 g/mol. The Labute approximate surface area is 92.6 Å². The molecule has 0 aliphatic heterocycles. The van der Waals surface area contributed by atoms with Crippen LogP contribution in [0.25, 0.3) is 0 Å². The number of hydrogen-bond donors (Lipinski definition) is 1. The lowest BCUT2D eigenvalue weighted by molar-refractivity contribution is 0.874. The number of thiazole rings is 1. The highest BCUT2D eigenvalue weighted by Gasteiger charge is 2.15. The third-order valence-corrected chi connectivity index (χ3v) is 4.46. The van der Waals surface area contributed by atoms with E-state index >= 15 is 0 Å². The van der Waals surface area contributed by atoms with Gasteiger partial charge in [0.2, 0.25) is 0 Å². The first kappa shape index (κ1) is 9.33.